The normalized spacial score (nSPS) is 15.4. The van der Waals surface area contributed by atoms with Crippen LogP contribution in [0.2, 0.25) is 0 Å². The van der Waals surface area contributed by atoms with Crippen LogP contribution >= 0.6 is 34.8 Å². The van der Waals surface area contributed by atoms with Crippen LogP contribution < -0.4 is 4.74 Å². The van der Waals surface area contributed by atoms with Crippen LogP contribution in [0.15, 0.2) is 24.3 Å². The summed E-state index contributed by atoms with van der Waals surface area (Å²) < 4.78 is 4.44. The molecule has 108 valence electrons. The van der Waals surface area contributed by atoms with Crippen LogP contribution in [0.5, 0.6) is 5.75 Å². The molecule has 1 atom stereocenters. The Hall–Kier alpha value is -0.110. The van der Waals surface area contributed by atoms with Gasteiger partial charge in [0.25, 0.3) is 0 Å². The first kappa shape index (κ1) is 16.9. The van der Waals surface area contributed by atoms with Gasteiger partial charge in [-0.2, -0.15) is 0 Å². The molecular formula is C15H21Cl3O. The van der Waals surface area contributed by atoms with E-state index in [9.17, 15) is 0 Å². The van der Waals surface area contributed by atoms with E-state index in [1.807, 2.05) is 25.1 Å². The molecule has 0 saturated heterocycles. The first-order valence-corrected chi connectivity index (χ1v) is 7.63. The molecule has 0 spiro atoms. The molecule has 0 fully saturated rings. The molecule has 1 nitrogen and oxygen atoms in total. The summed E-state index contributed by atoms with van der Waals surface area (Å²) in [6.07, 6.45) is 0.451. The van der Waals surface area contributed by atoms with Crippen molar-refractivity contribution in [2.75, 3.05) is 6.61 Å². The van der Waals surface area contributed by atoms with E-state index in [0.717, 1.165) is 11.3 Å². The number of rotatable bonds is 5. The number of halogens is 3. The molecule has 19 heavy (non-hydrogen) atoms. The van der Waals surface area contributed by atoms with Crippen LogP contribution in [0.4, 0.5) is 0 Å². The van der Waals surface area contributed by atoms with Crippen LogP contribution in [0.25, 0.3) is 0 Å². The van der Waals surface area contributed by atoms with Gasteiger partial charge in [0.15, 0.2) is 3.79 Å². The molecule has 0 aliphatic rings. The zero-order valence-corrected chi connectivity index (χ0v) is 14.1. The van der Waals surface area contributed by atoms with Crippen molar-refractivity contribution in [2.24, 2.45) is 5.92 Å². The highest BCUT2D eigenvalue weighted by molar-refractivity contribution is 6.67. The van der Waals surface area contributed by atoms with Gasteiger partial charge in [0.05, 0.1) is 6.61 Å². The number of hydrogen-bond donors (Lipinski definition) is 0. The second kappa shape index (κ2) is 6.56. The summed E-state index contributed by atoms with van der Waals surface area (Å²) in [5.74, 6) is 1.19. The lowest BCUT2D eigenvalue weighted by Gasteiger charge is -2.38. The lowest BCUT2D eigenvalue weighted by Crippen LogP contribution is -2.33. The summed E-state index contributed by atoms with van der Waals surface area (Å²) in [5, 5.41) is 0. The number of hydrogen-bond acceptors (Lipinski definition) is 1. The van der Waals surface area contributed by atoms with Crippen LogP contribution in [-0.4, -0.2) is 10.4 Å². The van der Waals surface area contributed by atoms with Gasteiger partial charge in [0, 0.05) is 17.4 Å². The van der Waals surface area contributed by atoms with Gasteiger partial charge in [-0.15, -0.1) is 0 Å². The van der Waals surface area contributed by atoms with Crippen LogP contribution in [0.1, 0.15) is 39.7 Å². The van der Waals surface area contributed by atoms with E-state index in [1.165, 1.54) is 0 Å². The predicted octanol–water partition coefficient (Wildman–Crippen LogP) is 5.76. The topological polar surface area (TPSA) is 9.23 Å². The second-order valence-corrected chi connectivity index (χ2v) is 7.81. The van der Waals surface area contributed by atoms with Crippen molar-refractivity contribution in [2.45, 2.75) is 43.3 Å². The van der Waals surface area contributed by atoms with Gasteiger partial charge in [-0.05, 0) is 18.9 Å². The van der Waals surface area contributed by atoms with Crippen molar-refractivity contribution in [1.82, 2.24) is 0 Å². The van der Waals surface area contributed by atoms with Crippen LogP contribution in [0.3, 0.4) is 0 Å². The molecule has 1 aromatic rings. The van der Waals surface area contributed by atoms with Crippen molar-refractivity contribution in [3.05, 3.63) is 29.8 Å². The van der Waals surface area contributed by atoms with Gasteiger partial charge < -0.3 is 4.74 Å². The molecule has 0 bridgehead atoms. The lowest BCUT2D eigenvalue weighted by molar-refractivity contribution is 0.284. The van der Waals surface area contributed by atoms with E-state index in [2.05, 4.69) is 26.8 Å². The largest absolute Gasteiger partial charge is 0.494 e. The Balaban J connectivity index is 3.26. The quantitative estimate of drug-likeness (QED) is 0.626. The Labute approximate surface area is 131 Å². The zero-order valence-electron chi connectivity index (χ0n) is 11.8. The Morgan fingerprint density at radius 1 is 1.16 bits per heavy atom. The summed E-state index contributed by atoms with van der Waals surface area (Å²) in [6, 6.07) is 7.99. The molecule has 1 unspecified atom stereocenters. The van der Waals surface area contributed by atoms with Gasteiger partial charge in [0.2, 0.25) is 0 Å². The van der Waals surface area contributed by atoms with E-state index in [1.54, 1.807) is 0 Å². The van der Waals surface area contributed by atoms with Gasteiger partial charge in [0.1, 0.15) is 5.75 Å². The number of para-hydroxylation sites is 1. The van der Waals surface area contributed by atoms with E-state index < -0.39 is 3.79 Å². The molecule has 1 aromatic carbocycles. The monoisotopic (exact) mass is 322 g/mol. The Bertz CT molecular complexity index is 412. The fraction of sp³-hybridized carbons (Fsp3) is 0.600. The van der Waals surface area contributed by atoms with Crippen molar-refractivity contribution in [1.29, 1.82) is 0 Å². The molecule has 1 rings (SSSR count). The highest BCUT2D eigenvalue weighted by atomic mass is 35.6. The molecule has 0 heterocycles. The van der Waals surface area contributed by atoms with Gasteiger partial charge in [-0.25, -0.2) is 0 Å². The maximum atomic E-state index is 6.03. The summed E-state index contributed by atoms with van der Waals surface area (Å²) in [5.41, 5.74) is 0.843. The third-order valence-electron chi connectivity index (χ3n) is 3.64. The number of ether oxygens (including phenoxy) is 1. The summed E-state index contributed by atoms with van der Waals surface area (Å²) >= 11 is 18.1. The SMILES string of the molecule is CCOc1ccccc1C(C)(CC(Cl)(Cl)Cl)C(C)C. The summed E-state index contributed by atoms with van der Waals surface area (Å²) in [7, 11) is 0. The van der Waals surface area contributed by atoms with Crippen LogP contribution in [-0.2, 0) is 5.41 Å². The van der Waals surface area contributed by atoms with E-state index >= 15 is 0 Å². The maximum Gasteiger partial charge on any atom is 0.191 e. The molecule has 0 saturated carbocycles. The molecule has 0 amide bonds. The third kappa shape index (κ3) is 4.44. The highest BCUT2D eigenvalue weighted by Crippen LogP contribution is 2.47. The average Bonchev–Trinajstić information content (AvgIpc) is 2.27. The van der Waals surface area contributed by atoms with Crippen molar-refractivity contribution in [3.8, 4) is 5.75 Å². The van der Waals surface area contributed by atoms with Gasteiger partial charge >= 0.3 is 0 Å². The minimum Gasteiger partial charge on any atom is -0.494 e. The standard InChI is InChI=1S/C15H21Cl3O/c1-5-19-13-9-7-6-8-12(13)14(4,11(2)3)10-15(16,17)18/h6-9,11H,5,10H2,1-4H3. The minimum absolute atomic E-state index is 0.253. The lowest BCUT2D eigenvalue weighted by atomic mass is 9.71. The van der Waals surface area contributed by atoms with Crippen molar-refractivity contribution < 1.29 is 4.74 Å². The average molecular weight is 324 g/mol. The first-order valence-electron chi connectivity index (χ1n) is 6.49. The predicted molar refractivity (Wildman–Crippen MR) is 84.7 cm³/mol. The maximum absolute atomic E-state index is 6.03. The smallest absolute Gasteiger partial charge is 0.191 e. The first-order chi connectivity index (χ1) is 8.70. The highest BCUT2D eigenvalue weighted by Gasteiger charge is 2.40. The summed E-state index contributed by atoms with van der Waals surface area (Å²) in [4.78, 5) is 0. The third-order valence-corrected chi connectivity index (χ3v) is 4.05. The zero-order chi connectivity index (χ0) is 14.7. The molecule has 4 heteroatoms. The molecule has 0 radical (unpaired) electrons. The van der Waals surface area contributed by atoms with Crippen LogP contribution in [0, 0.1) is 5.92 Å². The fourth-order valence-electron chi connectivity index (χ4n) is 2.25. The second-order valence-electron chi connectivity index (χ2n) is 5.29. The molecule has 0 aromatic heterocycles. The minimum atomic E-state index is -1.28. The molecule has 0 aliphatic heterocycles. The van der Waals surface area contributed by atoms with E-state index in [0.29, 0.717) is 18.9 Å². The molecular weight excluding hydrogens is 303 g/mol. The Kier molecular flexibility index (Phi) is 5.85. The summed E-state index contributed by atoms with van der Waals surface area (Å²) in [6.45, 7) is 8.99. The van der Waals surface area contributed by atoms with E-state index in [4.69, 9.17) is 39.5 Å². The van der Waals surface area contributed by atoms with Crippen molar-refractivity contribution in [3.63, 3.8) is 0 Å². The number of alkyl halides is 3. The molecule has 0 aliphatic carbocycles. The fourth-order valence-corrected chi connectivity index (χ4v) is 3.08. The van der Waals surface area contributed by atoms with E-state index in [-0.39, 0.29) is 5.41 Å². The Morgan fingerprint density at radius 2 is 1.74 bits per heavy atom. The number of benzene rings is 1. The van der Waals surface area contributed by atoms with Gasteiger partial charge in [-0.1, -0.05) is 73.8 Å². The Morgan fingerprint density at radius 3 is 2.21 bits per heavy atom. The molecule has 0 N–H and O–H groups in total. The van der Waals surface area contributed by atoms with Gasteiger partial charge in [-0.3, -0.25) is 0 Å². The van der Waals surface area contributed by atoms with Crippen molar-refractivity contribution >= 4 is 34.8 Å².